The lowest BCUT2D eigenvalue weighted by Crippen LogP contribution is -2.31. The van der Waals surface area contributed by atoms with Crippen molar-refractivity contribution in [2.45, 2.75) is 32.6 Å². The molecule has 0 spiro atoms. The number of alkyl carbamates (subject to hydrolysis) is 1. The average Bonchev–Trinajstić information content (AvgIpc) is 2.63. The first-order valence-corrected chi connectivity index (χ1v) is 8.17. The van der Waals surface area contributed by atoms with Crippen LogP contribution in [0.4, 0.5) is 4.79 Å². The number of carbonyl (C=O) groups excluding carboxylic acids is 2. The van der Waals surface area contributed by atoms with E-state index >= 15 is 0 Å². The molecule has 0 aliphatic rings. The molecule has 0 aliphatic carbocycles. The number of hydrogen-bond donors (Lipinski definition) is 1. The predicted molar refractivity (Wildman–Crippen MR) is 93.3 cm³/mol. The van der Waals surface area contributed by atoms with Crippen LogP contribution in [0, 0.1) is 23.7 Å². The second-order valence-corrected chi connectivity index (χ2v) is 4.96. The molecule has 1 aromatic rings. The first-order valence-electron chi connectivity index (χ1n) is 8.17. The Labute approximate surface area is 148 Å². The summed E-state index contributed by atoms with van der Waals surface area (Å²) in [6, 6.07) is 3.67. The summed E-state index contributed by atoms with van der Waals surface area (Å²) in [6.07, 6.45) is 5.62. The maximum Gasteiger partial charge on any atom is 0.407 e. The lowest BCUT2D eigenvalue weighted by atomic mass is 10.3. The molecule has 0 unspecified atom stereocenters. The van der Waals surface area contributed by atoms with Gasteiger partial charge < -0.3 is 14.8 Å². The van der Waals surface area contributed by atoms with Crippen molar-refractivity contribution < 1.29 is 19.1 Å². The normalized spacial score (nSPS) is 9.00. The van der Waals surface area contributed by atoms with E-state index in [2.05, 4.69) is 34.0 Å². The summed E-state index contributed by atoms with van der Waals surface area (Å²) in [5.41, 5.74) is 0.810. The van der Waals surface area contributed by atoms with Crippen molar-refractivity contribution in [1.29, 1.82) is 0 Å². The van der Waals surface area contributed by atoms with Gasteiger partial charge in [0.1, 0.15) is 6.54 Å². The molecule has 1 aromatic heterocycles. The van der Waals surface area contributed by atoms with Gasteiger partial charge in [0.25, 0.3) is 0 Å². The van der Waals surface area contributed by atoms with E-state index < -0.39 is 12.1 Å². The number of rotatable bonds is 8. The van der Waals surface area contributed by atoms with Crippen molar-refractivity contribution in [3.8, 4) is 23.7 Å². The van der Waals surface area contributed by atoms with E-state index in [1.54, 1.807) is 12.4 Å². The second kappa shape index (κ2) is 13.4. The van der Waals surface area contributed by atoms with Crippen molar-refractivity contribution in [2.24, 2.45) is 0 Å². The molecule has 0 saturated heterocycles. The van der Waals surface area contributed by atoms with Crippen LogP contribution in [0.25, 0.3) is 0 Å². The molecular weight excluding hydrogens is 320 g/mol. The highest BCUT2D eigenvalue weighted by atomic mass is 16.6. The van der Waals surface area contributed by atoms with Crippen LogP contribution in [0.15, 0.2) is 24.5 Å². The van der Waals surface area contributed by atoms with Gasteiger partial charge in [0.2, 0.25) is 0 Å². The molecule has 0 saturated carbocycles. The third-order valence-corrected chi connectivity index (χ3v) is 2.84. The minimum atomic E-state index is -0.642. The van der Waals surface area contributed by atoms with Crippen LogP contribution < -0.4 is 5.32 Å². The maximum atomic E-state index is 11.4. The summed E-state index contributed by atoms with van der Waals surface area (Å²) in [4.78, 5) is 26.6. The number of nitrogens with one attached hydrogen (secondary N) is 1. The van der Waals surface area contributed by atoms with Crippen molar-refractivity contribution in [2.75, 3.05) is 19.8 Å². The van der Waals surface area contributed by atoms with E-state index in [1.807, 2.05) is 19.1 Å². The van der Waals surface area contributed by atoms with Crippen molar-refractivity contribution in [1.82, 2.24) is 10.3 Å². The SMILES string of the molecule is CCCCOC(=O)CNC(=O)OCCCC#CC#Cc1cccnc1. The molecule has 1 amide bonds. The Morgan fingerprint density at radius 3 is 2.80 bits per heavy atom. The summed E-state index contributed by atoms with van der Waals surface area (Å²) in [6.45, 7) is 2.41. The highest BCUT2D eigenvalue weighted by molar-refractivity contribution is 5.77. The van der Waals surface area contributed by atoms with Crippen molar-refractivity contribution in [3.05, 3.63) is 30.1 Å². The standard InChI is InChI=1S/C19H22N2O4/c1-2-3-13-24-18(22)16-21-19(23)25-14-8-6-4-5-7-10-17-11-9-12-20-15-17/h9,11-12,15H,2-3,6,8,13-14,16H2,1H3,(H,21,23). The van der Waals surface area contributed by atoms with Gasteiger partial charge >= 0.3 is 12.1 Å². The lowest BCUT2D eigenvalue weighted by molar-refractivity contribution is -0.142. The number of esters is 1. The van der Waals surface area contributed by atoms with Crippen molar-refractivity contribution in [3.63, 3.8) is 0 Å². The Morgan fingerprint density at radius 1 is 1.20 bits per heavy atom. The fourth-order valence-electron chi connectivity index (χ4n) is 1.55. The minimum absolute atomic E-state index is 0.188. The third-order valence-electron chi connectivity index (χ3n) is 2.84. The molecule has 25 heavy (non-hydrogen) atoms. The Balaban J connectivity index is 2.06. The van der Waals surface area contributed by atoms with Crippen LogP contribution in [0.1, 0.15) is 38.2 Å². The summed E-state index contributed by atoms with van der Waals surface area (Å²) >= 11 is 0. The van der Waals surface area contributed by atoms with E-state index in [4.69, 9.17) is 9.47 Å². The van der Waals surface area contributed by atoms with Crippen LogP contribution in [0.2, 0.25) is 0 Å². The number of carbonyl (C=O) groups is 2. The van der Waals surface area contributed by atoms with Gasteiger partial charge in [-0.25, -0.2) is 4.79 Å². The maximum absolute atomic E-state index is 11.4. The molecule has 1 rings (SSSR count). The molecule has 1 heterocycles. The zero-order chi connectivity index (χ0) is 18.2. The number of nitrogens with zero attached hydrogens (tertiary/aromatic N) is 1. The summed E-state index contributed by atoms with van der Waals surface area (Å²) < 4.78 is 9.83. The summed E-state index contributed by atoms with van der Waals surface area (Å²) in [7, 11) is 0. The summed E-state index contributed by atoms with van der Waals surface area (Å²) in [5.74, 6) is 10.7. The van der Waals surface area contributed by atoms with E-state index in [9.17, 15) is 9.59 Å². The lowest BCUT2D eigenvalue weighted by Gasteiger charge is -2.06. The Kier molecular flexibility index (Phi) is 10.8. The molecule has 6 nitrogen and oxygen atoms in total. The Bertz CT molecular complexity index is 651. The van der Waals surface area contributed by atoms with E-state index in [-0.39, 0.29) is 13.2 Å². The number of unbranched alkanes of at least 4 members (excludes halogenated alkanes) is 2. The molecule has 1 N–H and O–H groups in total. The van der Waals surface area contributed by atoms with Gasteiger partial charge in [0, 0.05) is 24.4 Å². The Hall–Kier alpha value is -2.99. The zero-order valence-corrected chi connectivity index (χ0v) is 14.3. The topological polar surface area (TPSA) is 77.5 Å². The molecule has 132 valence electrons. The zero-order valence-electron chi connectivity index (χ0n) is 14.3. The largest absolute Gasteiger partial charge is 0.464 e. The predicted octanol–water partition coefficient (Wildman–Crippen LogP) is 2.29. The van der Waals surface area contributed by atoms with Crippen LogP contribution >= 0.6 is 0 Å². The first-order chi connectivity index (χ1) is 12.2. The highest BCUT2D eigenvalue weighted by Crippen LogP contribution is 1.92. The van der Waals surface area contributed by atoms with E-state index in [0.717, 1.165) is 18.4 Å². The van der Waals surface area contributed by atoms with Gasteiger partial charge in [-0.15, -0.1) is 0 Å². The van der Waals surface area contributed by atoms with Gasteiger partial charge in [0.15, 0.2) is 0 Å². The smallest absolute Gasteiger partial charge is 0.407 e. The highest BCUT2D eigenvalue weighted by Gasteiger charge is 2.06. The van der Waals surface area contributed by atoms with Gasteiger partial charge in [0.05, 0.1) is 13.2 Å². The van der Waals surface area contributed by atoms with Crippen LogP contribution in [0.5, 0.6) is 0 Å². The van der Waals surface area contributed by atoms with Crippen LogP contribution in [0.3, 0.4) is 0 Å². The fraction of sp³-hybridized carbons (Fsp3) is 0.421. The molecular formula is C19H22N2O4. The van der Waals surface area contributed by atoms with Gasteiger partial charge in [-0.3, -0.25) is 9.78 Å². The average molecular weight is 342 g/mol. The van der Waals surface area contributed by atoms with Gasteiger partial charge in [-0.05, 0) is 36.8 Å². The quantitative estimate of drug-likeness (QED) is 0.445. The number of amides is 1. The van der Waals surface area contributed by atoms with E-state index in [1.165, 1.54) is 0 Å². The summed E-state index contributed by atoms with van der Waals surface area (Å²) in [5, 5.41) is 2.34. The Morgan fingerprint density at radius 2 is 2.04 bits per heavy atom. The van der Waals surface area contributed by atoms with Crippen LogP contribution in [-0.4, -0.2) is 36.8 Å². The first kappa shape index (κ1) is 20.1. The molecule has 6 heteroatoms. The van der Waals surface area contributed by atoms with Gasteiger partial charge in [-0.2, -0.15) is 0 Å². The third kappa shape index (κ3) is 11.2. The monoisotopic (exact) mass is 342 g/mol. The molecule has 0 radical (unpaired) electrons. The number of aromatic nitrogens is 1. The minimum Gasteiger partial charge on any atom is -0.464 e. The van der Waals surface area contributed by atoms with E-state index in [0.29, 0.717) is 19.4 Å². The second-order valence-electron chi connectivity index (χ2n) is 4.96. The molecule has 0 aliphatic heterocycles. The van der Waals surface area contributed by atoms with Gasteiger partial charge in [-0.1, -0.05) is 25.2 Å². The van der Waals surface area contributed by atoms with Crippen LogP contribution in [-0.2, 0) is 14.3 Å². The molecule has 0 aromatic carbocycles. The number of ether oxygens (including phenoxy) is 2. The number of pyridine rings is 1. The molecule has 0 fully saturated rings. The fourth-order valence-corrected chi connectivity index (χ4v) is 1.55. The molecule has 0 bridgehead atoms. The van der Waals surface area contributed by atoms with Crippen molar-refractivity contribution >= 4 is 12.1 Å². The molecule has 0 atom stereocenters. The number of hydrogen-bond acceptors (Lipinski definition) is 5.